The van der Waals surface area contributed by atoms with E-state index in [4.69, 9.17) is 9.84 Å². The van der Waals surface area contributed by atoms with E-state index in [0.29, 0.717) is 13.1 Å². The van der Waals surface area contributed by atoms with Crippen LogP contribution in [0.2, 0.25) is 0 Å². The van der Waals surface area contributed by atoms with Crippen LogP contribution in [-0.2, 0) is 24.2 Å². The van der Waals surface area contributed by atoms with E-state index < -0.39 is 5.97 Å². The average molecular weight is 330 g/mol. The molecule has 126 valence electrons. The predicted molar refractivity (Wildman–Crippen MR) is 84.0 cm³/mol. The van der Waals surface area contributed by atoms with Crippen LogP contribution < -0.4 is 4.74 Å². The van der Waals surface area contributed by atoms with Crippen LogP contribution in [0.25, 0.3) is 0 Å². The number of amides is 1. The number of benzene rings is 1. The highest BCUT2D eigenvalue weighted by molar-refractivity contribution is 5.84. The summed E-state index contributed by atoms with van der Waals surface area (Å²) in [6.07, 6.45) is 2.74. The summed E-state index contributed by atoms with van der Waals surface area (Å²) in [5.74, 6) is -0.418. The number of fused-ring (bicyclic) bond motifs is 1. The Kier molecular flexibility index (Phi) is 4.45. The topological polar surface area (TPSA) is 97.5 Å². The number of carboxylic acids is 1. The first-order valence-corrected chi connectivity index (χ1v) is 7.64. The summed E-state index contributed by atoms with van der Waals surface area (Å²) in [5, 5.41) is 16.0. The lowest BCUT2D eigenvalue weighted by molar-refractivity contribution is -0.132. The molecule has 0 saturated heterocycles. The van der Waals surface area contributed by atoms with Crippen LogP contribution in [-0.4, -0.2) is 57.1 Å². The second-order valence-electron chi connectivity index (χ2n) is 5.59. The standard InChI is InChI=1S/C16H18N4O4/c1-24-14-4-2-3-11-5-7-19(8-6-12(11)14)15(21)10-20-9-13(16(22)23)17-18-20/h2-4,9H,5-8,10H2,1H3,(H,22,23). The minimum absolute atomic E-state index is 0.0201. The highest BCUT2D eigenvalue weighted by atomic mass is 16.5. The smallest absolute Gasteiger partial charge is 0.358 e. The van der Waals surface area contributed by atoms with Crippen LogP contribution >= 0.6 is 0 Å². The molecule has 0 atom stereocenters. The number of rotatable bonds is 4. The summed E-state index contributed by atoms with van der Waals surface area (Å²) < 4.78 is 6.66. The maximum absolute atomic E-state index is 12.5. The third kappa shape index (κ3) is 3.22. The van der Waals surface area contributed by atoms with Crippen LogP contribution in [0.4, 0.5) is 0 Å². The van der Waals surface area contributed by atoms with E-state index in [1.807, 2.05) is 12.1 Å². The van der Waals surface area contributed by atoms with Gasteiger partial charge in [-0.2, -0.15) is 0 Å². The number of aromatic nitrogens is 3. The van der Waals surface area contributed by atoms with Crippen LogP contribution in [0.5, 0.6) is 5.75 Å². The molecule has 8 nitrogen and oxygen atoms in total. The van der Waals surface area contributed by atoms with E-state index in [9.17, 15) is 9.59 Å². The molecule has 0 saturated carbocycles. The maximum atomic E-state index is 12.5. The zero-order valence-corrected chi connectivity index (χ0v) is 13.3. The van der Waals surface area contributed by atoms with Gasteiger partial charge in [0.25, 0.3) is 0 Å². The van der Waals surface area contributed by atoms with Crippen molar-refractivity contribution in [3.8, 4) is 5.75 Å². The van der Waals surface area contributed by atoms with E-state index >= 15 is 0 Å². The highest BCUT2D eigenvalue weighted by Crippen LogP contribution is 2.25. The average Bonchev–Trinajstić information content (AvgIpc) is 2.92. The van der Waals surface area contributed by atoms with Crippen molar-refractivity contribution in [1.82, 2.24) is 19.9 Å². The maximum Gasteiger partial charge on any atom is 0.358 e. The summed E-state index contributed by atoms with van der Waals surface area (Å²) in [6, 6.07) is 5.94. The molecule has 0 radical (unpaired) electrons. The molecule has 0 aliphatic carbocycles. The number of carbonyl (C=O) groups is 2. The van der Waals surface area contributed by atoms with Crippen LogP contribution in [0.15, 0.2) is 24.4 Å². The van der Waals surface area contributed by atoms with Crippen molar-refractivity contribution in [1.29, 1.82) is 0 Å². The molecule has 1 aliphatic heterocycles. The van der Waals surface area contributed by atoms with Crippen molar-refractivity contribution in [3.05, 3.63) is 41.2 Å². The van der Waals surface area contributed by atoms with Gasteiger partial charge in [0.05, 0.1) is 13.3 Å². The second-order valence-corrected chi connectivity index (χ2v) is 5.59. The van der Waals surface area contributed by atoms with Crippen molar-refractivity contribution in [2.75, 3.05) is 20.2 Å². The Morgan fingerprint density at radius 1 is 1.29 bits per heavy atom. The molecular weight excluding hydrogens is 312 g/mol. The van der Waals surface area contributed by atoms with Gasteiger partial charge in [-0.15, -0.1) is 5.10 Å². The fourth-order valence-electron chi connectivity index (χ4n) is 2.90. The molecule has 0 bridgehead atoms. The van der Waals surface area contributed by atoms with Gasteiger partial charge in [-0.1, -0.05) is 17.3 Å². The van der Waals surface area contributed by atoms with Gasteiger partial charge >= 0.3 is 5.97 Å². The number of hydrogen-bond acceptors (Lipinski definition) is 5. The monoisotopic (exact) mass is 330 g/mol. The number of nitrogens with zero attached hydrogens (tertiary/aromatic N) is 4. The minimum atomic E-state index is -1.16. The number of methoxy groups -OCH3 is 1. The second kappa shape index (κ2) is 6.69. The molecule has 0 fully saturated rings. The van der Waals surface area contributed by atoms with Crippen LogP contribution in [0.1, 0.15) is 21.6 Å². The van der Waals surface area contributed by atoms with Gasteiger partial charge in [-0.25, -0.2) is 9.48 Å². The predicted octanol–water partition coefficient (Wildman–Crippen LogP) is 0.612. The lowest BCUT2D eigenvalue weighted by atomic mass is 10.0. The number of carboxylic acid groups (broad SMARTS) is 1. The third-order valence-electron chi connectivity index (χ3n) is 4.14. The molecule has 0 spiro atoms. The number of ether oxygens (including phenoxy) is 1. The first-order valence-electron chi connectivity index (χ1n) is 7.64. The fourth-order valence-corrected chi connectivity index (χ4v) is 2.90. The van der Waals surface area contributed by atoms with E-state index in [1.54, 1.807) is 12.0 Å². The molecule has 3 rings (SSSR count). The van der Waals surface area contributed by atoms with E-state index in [-0.39, 0.29) is 18.1 Å². The van der Waals surface area contributed by atoms with Crippen molar-refractivity contribution >= 4 is 11.9 Å². The van der Waals surface area contributed by atoms with Crippen molar-refractivity contribution in [2.24, 2.45) is 0 Å². The molecule has 1 amide bonds. The van der Waals surface area contributed by atoms with Crippen molar-refractivity contribution in [2.45, 2.75) is 19.4 Å². The molecule has 1 aliphatic rings. The van der Waals surface area contributed by atoms with Gasteiger partial charge in [0.15, 0.2) is 5.69 Å². The zero-order valence-electron chi connectivity index (χ0n) is 13.3. The first kappa shape index (κ1) is 16.0. The normalized spacial score (nSPS) is 14.0. The first-order chi connectivity index (χ1) is 11.6. The Bertz CT molecular complexity index is 771. The van der Waals surface area contributed by atoms with Gasteiger partial charge in [-0.3, -0.25) is 4.79 Å². The quantitative estimate of drug-likeness (QED) is 0.882. The Balaban J connectivity index is 1.68. The van der Waals surface area contributed by atoms with Gasteiger partial charge < -0.3 is 14.7 Å². The summed E-state index contributed by atoms with van der Waals surface area (Å²) >= 11 is 0. The van der Waals surface area contributed by atoms with E-state index in [1.165, 1.54) is 16.4 Å². The fraction of sp³-hybridized carbons (Fsp3) is 0.375. The third-order valence-corrected chi connectivity index (χ3v) is 4.14. The van der Waals surface area contributed by atoms with E-state index in [0.717, 1.165) is 24.2 Å². The number of carbonyl (C=O) groups excluding carboxylic acids is 1. The van der Waals surface area contributed by atoms with Gasteiger partial charge in [0.1, 0.15) is 12.3 Å². The van der Waals surface area contributed by atoms with Gasteiger partial charge in [-0.05, 0) is 30.0 Å². The van der Waals surface area contributed by atoms with Gasteiger partial charge in [0, 0.05) is 13.1 Å². The molecule has 0 unspecified atom stereocenters. The van der Waals surface area contributed by atoms with Gasteiger partial charge in [0.2, 0.25) is 5.91 Å². The minimum Gasteiger partial charge on any atom is -0.496 e. The lowest BCUT2D eigenvalue weighted by Gasteiger charge is -2.20. The van der Waals surface area contributed by atoms with Crippen molar-refractivity contribution in [3.63, 3.8) is 0 Å². The molecular formula is C16H18N4O4. The highest BCUT2D eigenvalue weighted by Gasteiger charge is 2.21. The summed E-state index contributed by atoms with van der Waals surface area (Å²) in [4.78, 5) is 25.0. The Hall–Kier alpha value is -2.90. The van der Waals surface area contributed by atoms with E-state index in [2.05, 4.69) is 16.4 Å². The molecule has 8 heteroatoms. The van der Waals surface area contributed by atoms with Crippen molar-refractivity contribution < 1.29 is 19.4 Å². The summed E-state index contributed by atoms with van der Waals surface area (Å²) in [6.45, 7) is 1.18. The zero-order chi connectivity index (χ0) is 17.1. The number of aromatic carboxylic acids is 1. The lowest BCUT2D eigenvalue weighted by Crippen LogP contribution is -2.36. The Morgan fingerprint density at radius 3 is 2.79 bits per heavy atom. The molecule has 1 N–H and O–H groups in total. The van der Waals surface area contributed by atoms with Crippen LogP contribution in [0, 0.1) is 0 Å². The molecule has 2 aromatic rings. The molecule has 1 aromatic heterocycles. The molecule has 2 heterocycles. The van der Waals surface area contributed by atoms with Crippen LogP contribution in [0.3, 0.4) is 0 Å². The summed E-state index contributed by atoms with van der Waals surface area (Å²) in [7, 11) is 1.65. The largest absolute Gasteiger partial charge is 0.496 e. The number of hydrogen-bond donors (Lipinski definition) is 1. The SMILES string of the molecule is COc1cccc2c1CCN(C(=O)Cn1cc(C(=O)O)nn1)CC2. The summed E-state index contributed by atoms with van der Waals surface area (Å²) in [5.41, 5.74) is 2.17. The Morgan fingerprint density at radius 2 is 2.08 bits per heavy atom. The molecule has 1 aromatic carbocycles. The molecule has 24 heavy (non-hydrogen) atoms. The Labute approximate surface area is 138 Å².